The fourth-order valence-corrected chi connectivity index (χ4v) is 1.56. The second kappa shape index (κ2) is 6.02. The first-order valence-corrected chi connectivity index (χ1v) is 5.87. The largest absolute Gasteiger partial charge is 0.493 e. The van der Waals surface area contributed by atoms with Crippen molar-refractivity contribution in [3.05, 3.63) is 29.6 Å². The average Bonchev–Trinajstić information content (AvgIpc) is 2.20. The van der Waals surface area contributed by atoms with Crippen LogP contribution < -0.4 is 4.74 Å². The van der Waals surface area contributed by atoms with Crippen molar-refractivity contribution >= 4 is 15.9 Å². The highest BCUT2D eigenvalue weighted by molar-refractivity contribution is 9.08. The molecule has 78 valence electrons. The first-order valence-electron chi connectivity index (χ1n) is 4.75. The lowest BCUT2D eigenvalue weighted by Crippen LogP contribution is -1.99. The second-order valence-corrected chi connectivity index (χ2v) is 3.65. The molecule has 1 rings (SSSR count). The standard InChI is InChI=1S/C11H14BrFO/c1-2-3-6-14-11-5-4-10(13)7-9(11)8-12/h4-5,7H,2-3,6,8H2,1H3. The summed E-state index contributed by atoms with van der Waals surface area (Å²) in [6.07, 6.45) is 2.13. The van der Waals surface area contributed by atoms with Gasteiger partial charge in [-0.1, -0.05) is 29.3 Å². The van der Waals surface area contributed by atoms with Crippen molar-refractivity contribution in [2.45, 2.75) is 25.1 Å². The maximum absolute atomic E-state index is 12.8. The Morgan fingerprint density at radius 3 is 2.86 bits per heavy atom. The maximum atomic E-state index is 12.8. The molecule has 0 spiro atoms. The van der Waals surface area contributed by atoms with Crippen LogP contribution in [0.25, 0.3) is 0 Å². The van der Waals surface area contributed by atoms with Crippen molar-refractivity contribution in [1.29, 1.82) is 0 Å². The molecule has 0 N–H and O–H groups in total. The van der Waals surface area contributed by atoms with Gasteiger partial charge in [-0.15, -0.1) is 0 Å². The van der Waals surface area contributed by atoms with Crippen LogP contribution in [0, 0.1) is 5.82 Å². The van der Waals surface area contributed by atoms with Gasteiger partial charge in [-0.2, -0.15) is 0 Å². The zero-order chi connectivity index (χ0) is 10.4. The molecule has 1 nitrogen and oxygen atoms in total. The second-order valence-electron chi connectivity index (χ2n) is 3.09. The van der Waals surface area contributed by atoms with Crippen LogP contribution in [0.4, 0.5) is 4.39 Å². The summed E-state index contributed by atoms with van der Waals surface area (Å²) >= 11 is 3.30. The number of benzene rings is 1. The Morgan fingerprint density at radius 1 is 1.43 bits per heavy atom. The number of halogens is 2. The van der Waals surface area contributed by atoms with Gasteiger partial charge in [0.2, 0.25) is 0 Å². The van der Waals surface area contributed by atoms with Crippen molar-refractivity contribution in [2.75, 3.05) is 6.61 Å². The molecule has 0 atom stereocenters. The highest BCUT2D eigenvalue weighted by Gasteiger charge is 2.03. The van der Waals surface area contributed by atoms with Gasteiger partial charge in [-0.25, -0.2) is 4.39 Å². The molecule has 0 aliphatic carbocycles. The quantitative estimate of drug-likeness (QED) is 0.577. The van der Waals surface area contributed by atoms with Gasteiger partial charge < -0.3 is 4.74 Å². The van der Waals surface area contributed by atoms with Crippen LogP contribution in [-0.4, -0.2) is 6.61 Å². The molecule has 0 heterocycles. The topological polar surface area (TPSA) is 9.23 Å². The smallest absolute Gasteiger partial charge is 0.123 e. The lowest BCUT2D eigenvalue weighted by molar-refractivity contribution is 0.306. The lowest BCUT2D eigenvalue weighted by Gasteiger charge is -2.09. The molecule has 0 aromatic heterocycles. The van der Waals surface area contributed by atoms with E-state index in [9.17, 15) is 4.39 Å². The van der Waals surface area contributed by atoms with Gasteiger partial charge in [-0.3, -0.25) is 0 Å². The van der Waals surface area contributed by atoms with Crippen molar-refractivity contribution < 1.29 is 9.13 Å². The lowest BCUT2D eigenvalue weighted by atomic mass is 10.2. The number of unbranched alkanes of at least 4 members (excludes halogenated alkanes) is 1. The Kier molecular flexibility index (Phi) is 4.94. The van der Waals surface area contributed by atoms with Gasteiger partial charge in [0.15, 0.2) is 0 Å². The number of hydrogen-bond acceptors (Lipinski definition) is 1. The molecule has 0 fully saturated rings. The van der Waals surface area contributed by atoms with Crippen LogP contribution in [0.2, 0.25) is 0 Å². The van der Waals surface area contributed by atoms with E-state index in [1.807, 2.05) is 0 Å². The van der Waals surface area contributed by atoms with Crippen molar-refractivity contribution in [3.8, 4) is 5.75 Å². The van der Waals surface area contributed by atoms with Gasteiger partial charge in [-0.05, 0) is 24.6 Å². The van der Waals surface area contributed by atoms with Crippen LogP contribution >= 0.6 is 15.9 Å². The summed E-state index contributed by atoms with van der Waals surface area (Å²) < 4.78 is 18.4. The first kappa shape index (κ1) is 11.5. The Hall–Kier alpha value is -0.570. The van der Waals surface area contributed by atoms with E-state index in [-0.39, 0.29) is 5.82 Å². The third-order valence-electron chi connectivity index (χ3n) is 1.92. The summed E-state index contributed by atoms with van der Waals surface area (Å²) in [7, 11) is 0. The minimum atomic E-state index is -0.220. The molecule has 0 aliphatic heterocycles. The van der Waals surface area contributed by atoms with E-state index in [0.717, 1.165) is 24.2 Å². The minimum Gasteiger partial charge on any atom is -0.493 e. The van der Waals surface area contributed by atoms with Crippen LogP contribution in [0.3, 0.4) is 0 Å². The van der Waals surface area contributed by atoms with Gasteiger partial charge in [0.1, 0.15) is 11.6 Å². The van der Waals surface area contributed by atoms with Crippen LogP contribution in [0.5, 0.6) is 5.75 Å². The number of hydrogen-bond donors (Lipinski definition) is 0. The van der Waals surface area contributed by atoms with Gasteiger partial charge in [0.25, 0.3) is 0 Å². The fraction of sp³-hybridized carbons (Fsp3) is 0.455. The Morgan fingerprint density at radius 2 is 2.21 bits per heavy atom. The third kappa shape index (κ3) is 3.29. The van der Waals surface area contributed by atoms with E-state index in [4.69, 9.17) is 4.74 Å². The van der Waals surface area contributed by atoms with Crippen LogP contribution in [0.1, 0.15) is 25.3 Å². The zero-order valence-corrected chi connectivity index (χ0v) is 9.81. The highest BCUT2D eigenvalue weighted by Crippen LogP contribution is 2.22. The highest BCUT2D eigenvalue weighted by atomic mass is 79.9. The molecule has 1 aromatic rings. The predicted molar refractivity (Wildman–Crippen MR) is 59.4 cm³/mol. The SMILES string of the molecule is CCCCOc1ccc(F)cc1CBr. The molecule has 0 saturated carbocycles. The normalized spacial score (nSPS) is 10.2. The number of alkyl halides is 1. The molecule has 0 unspecified atom stereocenters. The fourth-order valence-electron chi connectivity index (χ4n) is 1.12. The first-order chi connectivity index (χ1) is 6.77. The molecule has 0 bridgehead atoms. The molecule has 0 saturated heterocycles. The van der Waals surface area contributed by atoms with Crippen LogP contribution in [0.15, 0.2) is 18.2 Å². The summed E-state index contributed by atoms with van der Waals surface area (Å²) in [6.45, 7) is 2.81. The molecular weight excluding hydrogens is 247 g/mol. The Balaban J connectivity index is 2.65. The summed E-state index contributed by atoms with van der Waals surface area (Å²) in [4.78, 5) is 0. The molecule has 3 heteroatoms. The molecule has 1 aromatic carbocycles. The molecule has 0 amide bonds. The summed E-state index contributed by atoms with van der Waals surface area (Å²) in [5.41, 5.74) is 0.862. The molecular formula is C11H14BrFO. The van der Waals surface area contributed by atoms with E-state index >= 15 is 0 Å². The van der Waals surface area contributed by atoms with Gasteiger partial charge in [0.05, 0.1) is 6.61 Å². The number of rotatable bonds is 5. The van der Waals surface area contributed by atoms with Gasteiger partial charge >= 0.3 is 0 Å². The Bertz CT molecular complexity index is 289. The van der Waals surface area contributed by atoms with Crippen molar-refractivity contribution in [1.82, 2.24) is 0 Å². The van der Waals surface area contributed by atoms with Crippen molar-refractivity contribution in [2.24, 2.45) is 0 Å². The van der Waals surface area contributed by atoms with E-state index in [0.29, 0.717) is 11.9 Å². The predicted octanol–water partition coefficient (Wildman–Crippen LogP) is 3.90. The minimum absolute atomic E-state index is 0.220. The van der Waals surface area contributed by atoms with E-state index < -0.39 is 0 Å². The van der Waals surface area contributed by atoms with E-state index in [1.54, 1.807) is 6.07 Å². The number of ether oxygens (including phenoxy) is 1. The zero-order valence-electron chi connectivity index (χ0n) is 8.22. The molecule has 14 heavy (non-hydrogen) atoms. The third-order valence-corrected chi connectivity index (χ3v) is 2.53. The molecule has 0 aliphatic rings. The molecule has 0 radical (unpaired) electrons. The summed E-state index contributed by atoms with van der Waals surface area (Å²) in [6, 6.07) is 4.60. The van der Waals surface area contributed by atoms with E-state index in [2.05, 4.69) is 22.9 Å². The van der Waals surface area contributed by atoms with Gasteiger partial charge in [0, 0.05) is 10.9 Å². The van der Waals surface area contributed by atoms with Crippen LogP contribution in [-0.2, 0) is 5.33 Å². The summed E-state index contributed by atoms with van der Waals surface area (Å²) in [5, 5.41) is 0.617. The van der Waals surface area contributed by atoms with Crippen molar-refractivity contribution in [3.63, 3.8) is 0 Å². The summed E-state index contributed by atoms with van der Waals surface area (Å²) in [5.74, 6) is 0.555. The monoisotopic (exact) mass is 260 g/mol. The van der Waals surface area contributed by atoms with E-state index in [1.165, 1.54) is 12.1 Å². The average molecular weight is 261 g/mol. The Labute approximate surface area is 92.4 Å². The maximum Gasteiger partial charge on any atom is 0.123 e.